The van der Waals surface area contributed by atoms with Gasteiger partial charge in [0, 0.05) is 29.5 Å². The summed E-state index contributed by atoms with van der Waals surface area (Å²) in [6, 6.07) is 4.16. The normalized spacial score (nSPS) is 37.3. The van der Waals surface area contributed by atoms with Crippen molar-refractivity contribution in [3.05, 3.63) is 53.6 Å². The summed E-state index contributed by atoms with van der Waals surface area (Å²) >= 11 is 0. The first kappa shape index (κ1) is 15.2. The van der Waals surface area contributed by atoms with E-state index >= 15 is 0 Å². The Morgan fingerprint density at radius 2 is 2.32 bits per heavy atom. The second-order valence-corrected chi connectivity index (χ2v) is 7.63. The fourth-order valence-corrected chi connectivity index (χ4v) is 5.73. The van der Waals surface area contributed by atoms with E-state index in [0.717, 1.165) is 31.5 Å². The van der Waals surface area contributed by atoms with E-state index in [4.69, 9.17) is 10.5 Å². The number of carbonyl (C=O) groups excluding carboxylic acids is 1. The van der Waals surface area contributed by atoms with E-state index in [9.17, 15) is 9.90 Å². The maximum atomic E-state index is 11.9. The van der Waals surface area contributed by atoms with E-state index in [-0.39, 0.29) is 17.4 Å². The Morgan fingerprint density at radius 3 is 3.08 bits per heavy atom. The van der Waals surface area contributed by atoms with Crippen LogP contribution in [0.1, 0.15) is 27.9 Å². The van der Waals surface area contributed by atoms with Crippen LogP contribution in [-0.2, 0) is 11.8 Å². The number of carbonyl (C=O) groups is 1. The average molecular weight is 338 g/mol. The van der Waals surface area contributed by atoms with Gasteiger partial charge in [0.2, 0.25) is 0 Å². The van der Waals surface area contributed by atoms with Crippen LogP contribution >= 0.6 is 0 Å². The van der Waals surface area contributed by atoms with Crippen LogP contribution in [0.3, 0.4) is 0 Å². The van der Waals surface area contributed by atoms with Gasteiger partial charge in [-0.2, -0.15) is 0 Å². The molecular formula is C20H22N2O3. The first-order valence-corrected chi connectivity index (χ1v) is 8.92. The molecule has 1 saturated heterocycles. The lowest BCUT2D eigenvalue weighted by molar-refractivity contribution is -0.0486. The standard InChI is InChI=1S/C20H22N2O3/c1-2-8-22-9-7-20-13-5-6-15(23)18(20)25-17-12(19(21)24)4-3-11(16(17)20)10-14(13)22/h2-6,13-15,18,23H,1,7-10H2,(H2,21,24)/t13-,14+,15-,18-,20-/m0/s1. The van der Waals surface area contributed by atoms with Gasteiger partial charge in [-0.1, -0.05) is 24.3 Å². The number of amides is 1. The minimum atomic E-state index is -0.665. The smallest absolute Gasteiger partial charge is 0.252 e. The van der Waals surface area contributed by atoms with Gasteiger partial charge in [-0.3, -0.25) is 9.69 Å². The Bertz CT molecular complexity index is 817. The summed E-state index contributed by atoms with van der Waals surface area (Å²) in [6.07, 6.45) is 6.79. The van der Waals surface area contributed by atoms with Crippen molar-refractivity contribution in [1.29, 1.82) is 0 Å². The number of primary amides is 1. The molecule has 0 unspecified atom stereocenters. The van der Waals surface area contributed by atoms with E-state index < -0.39 is 12.0 Å². The molecule has 2 aliphatic carbocycles. The maximum absolute atomic E-state index is 11.9. The minimum absolute atomic E-state index is 0.259. The van der Waals surface area contributed by atoms with Crippen LogP contribution in [0.15, 0.2) is 36.9 Å². The molecule has 2 aliphatic heterocycles. The number of benzene rings is 1. The van der Waals surface area contributed by atoms with Crippen molar-refractivity contribution in [3.63, 3.8) is 0 Å². The number of piperidine rings is 1. The molecule has 3 N–H and O–H groups in total. The summed E-state index contributed by atoms with van der Waals surface area (Å²) in [5, 5.41) is 10.6. The van der Waals surface area contributed by atoms with Crippen molar-refractivity contribution in [2.75, 3.05) is 13.1 Å². The number of aliphatic hydroxyl groups is 1. The highest BCUT2D eigenvalue weighted by Crippen LogP contribution is 2.61. The highest BCUT2D eigenvalue weighted by molar-refractivity contribution is 5.97. The molecule has 1 fully saturated rings. The number of nitrogens with two attached hydrogens (primary N) is 1. The Balaban J connectivity index is 1.76. The highest BCUT2D eigenvalue weighted by atomic mass is 16.5. The van der Waals surface area contributed by atoms with Gasteiger partial charge in [0.15, 0.2) is 0 Å². The molecule has 5 rings (SSSR count). The summed E-state index contributed by atoms with van der Waals surface area (Å²) in [6.45, 7) is 5.70. The molecule has 4 aliphatic rings. The number of hydrogen-bond donors (Lipinski definition) is 2. The number of nitrogens with zero attached hydrogens (tertiary/aromatic N) is 1. The zero-order valence-corrected chi connectivity index (χ0v) is 14.0. The molecule has 5 nitrogen and oxygen atoms in total. The molecule has 1 spiro atoms. The second-order valence-electron chi connectivity index (χ2n) is 7.63. The van der Waals surface area contributed by atoms with Gasteiger partial charge in [-0.05, 0) is 31.0 Å². The van der Waals surface area contributed by atoms with Crippen LogP contribution < -0.4 is 10.5 Å². The lowest BCUT2D eigenvalue weighted by atomic mass is 9.53. The topological polar surface area (TPSA) is 75.8 Å². The molecule has 5 heteroatoms. The summed E-state index contributed by atoms with van der Waals surface area (Å²) in [7, 11) is 0. The lowest BCUT2D eigenvalue weighted by Crippen LogP contribution is -2.65. The number of rotatable bonds is 3. The zero-order chi connectivity index (χ0) is 17.3. The molecule has 0 radical (unpaired) electrons. The highest BCUT2D eigenvalue weighted by Gasteiger charge is 2.64. The number of aliphatic hydroxyl groups excluding tert-OH is 1. The number of ether oxygens (including phenoxy) is 1. The molecule has 130 valence electrons. The molecule has 25 heavy (non-hydrogen) atoms. The monoisotopic (exact) mass is 338 g/mol. The fourth-order valence-electron chi connectivity index (χ4n) is 5.73. The SMILES string of the molecule is C=CCN1CC[C@]23c4c5ccc(C(N)=O)c4O[C@H]2[C@@H](O)C=C[C@H]3[C@H]1C5. The van der Waals surface area contributed by atoms with Crippen LogP contribution in [-0.4, -0.2) is 47.3 Å². The van der Waals surface area contributed by atoms with Crippen LogP contribution in [0, 0.1) is 5.92 Å². The Hall–Kier alpha value is -2.11. The van der Waals surface area contributed by atoms with Gasteiger partial charge in [-0.25, -0.2) is 0 Å². The third-order valence-corrected chi connectivity index (χ3v) is 6.64. The third-order valence-electron chi connectivity index (χ3n) is 6.64. The van der Waals surface area contributed by atoms with Gasteiger partial charge in [0.1, 0.15) is 18.0 Å². The average Bonchev–Trinajstić information content (AvgIpc) is 2.93. The third kappa shape index (κ3) is 1.72. The summed E-state index contributed by atoms with van der Waals surface area (Å²) in [4.78, 5) is 14.4. The first-order chi connectivity index (χ1) is 12.1. The number of hydrogen-bond acceptors (Lipinski definition) is 4. The molecule has 0 aromatic heterocycles. The minimum Gasteiger partial charge on any atom is -0.485 e. The number of likely N-dealkylation sites (tertiary alicyclic amines) is 1. The molecular weight excluding hydrogens is 316 g/mol. The van der Waals surface area contributed by atoms with Crippen LogP contribution in [0.25, 0.3) is 0 Å². The van der Waals surface area contributed by atoms with Crippen LogP contribution in [0.4, 0.5) is 0 Å². The Morgan fingerprint density at radius 1 is 1.48 bits per heavy atom. The lowest BCUT2D eigenvalue weighted by Gasteiger charge is -2.57. The van der Waals surface area contributed by atoms with Crippen LogP contribution in [0.2, 0.25) is 0 Å². The molecule has 1 amide bonds. The molecule has 1 aromatic carbocycles. The predicted octanol–water partition coefficient (Wildman–Crippen LogP) is 1.15. The molecule has 0 saturated carbocycles. The van der Waals surface area contributed by atoms with Gasteiger partial charge in [0.05, 0.1) is 5.56 Å². The summed E-state index contributed by atoms with van der Waals surface area (Å²) in [5.74, 6) is 0.405. The van der Waals surface area contributed by atoms with Crippen molar-refractivity contribution in [1.82, 2.24) is 4.90 Å². The van der Waals surface area contributed by atoms with E-state index in [1.165, 1.54) is 5.56 Å². The first-order valence-electron chi connectivity index (χ1n) is 8.92. The van der Waals surface area contributed by atoms with Gasteiger partial charge in [-0.15, -0.1) is 6.58 Å². The van der Waals surface area contributed by atoms with Crippen molar-refractivity contribution in [3.8, 4) is 5.75 Å². The quantitative estimate of drug-likeness (QED) is 0.811. The van der Waals surface area contributed by atoms with Crippen LogP contribution in [0.5, 0.6) is 5.75 Å². The molecule has 1 aromatic rings. The van der Waals surface area contributed by atoms with Crippen molar-refractivity contribution < 1.29 is 14.6 Å². The maximum Gasteiger partial charge on any atom is 0.252 e. The second kappa shape index (κ2) is 4.96. The van der Waals surface area contributed by atoms with E-state index in [0.29, 0.717) is 17.4 Å². The van der Waals surface area contributed by atoms with E-state index in [2.05, 4.69) is 17.6 Å². The largest absolute Gasteiger partial charge is 0.485 e. The van der Waals surface area contributed by atoms with Crippen molar-refractivity contribution in [2.45, 2.75) is 36.5 Å². The summed E-state index contributed by atoms with van der Waals surface area (Å²) in [5.41, 5.74) is 8.10. The predicted molar refractivity (Wildman–Crippen MR) is 93.6 cm³/mol. The Labute approximate surface area is 146 Å². The fraction of sp³-hybridized carbons (Fsp3) is 0.450. The summed E-state index contributed by atoms with van der Waals surface area (Å²) < 4.78 is 6.24. The Kier molecular flexibility index (Phi) is 3.01. The molecule has 5 atom stereocenters. The van der Waals surface area contributed by atoms with Gasteiger partial charge >= 0.3 is 0 Å². The van der Waals surface area contributed by atoms with Crippen molar-refractivity contribution >= 4 is 5.91 Å². The molecule has 2 heterocycles. The molecule has 2 bridgehead atoms. The van der Waals surface area contributed by atoms with Gasteiger partial charge < -0.3 is 15.6 Å². The zero-order valence-electron chi connectivity index (χ0n) is 14.0. The van der Waals surface area contributed by atoms with E-state index in [1.54, 1.807) is 6.07 Å². The van der Waals surface area contributed by atoms with E-state index in [1.807, 2.05) is 18.2 Å². The van der Waals surface area contributed by atoms with Gasteiger partial charge in [0.25, 0.3) is 5.91 Å². The van der Waals surface area contributed by atoms with Crippen molar-refractivity contribution in [2.24, 2.45) is 11.7 Å².